The van der Waals surface area contributed by atoms with Gasteiger partial charge in [0, 0.05) is 17.8 Å². The van der Waals surface area contributed by atoms with Crippen molar-refractivity contribution in [3.8, 4) is 16.9 Å². The molecule has 2 aliphatic rings. The number of hydrogen-bond donors (Lipinski definition) is 2. The van der Waals surface area contributed by atoms with Gasteiger partial charge in [0.05, 0.1) is 18.3 Å². The largest absolute Gasteiger partial charge is 0.494 e. The van der Waals surface area contributed by atoms with Gasteiger partial charge < -0.3 is 10.1 Å². The number of rotatable bonds is 4. The lowest BCUT2D eigenvalue weighted by Crippen LogP contribution is -2.47. The van der Waals surface area contributed by atoms with Crippen molar-refractivity contribution >= 4 is 18.3 Å². The van der Waals surface area contributed by atoms with Crippen LogP contribution >= 0.6 is 12.4 Å². The number of hydrogen-bond acceptors (Lipinski definition) is 4. The molecule has 150 valence electrons. The van der Waals surface area contributed by atoms with E-state index in [9.17, 15) is 9.18 Å². The number of aromatic nitrogens is 1. The summed E-state index contributed by atoms with van der Waals surface area (Å²) >= 11 is 0. The Morgan fingerprint density at radius 3 is 2.82 bits per heavy atom. The van der Waals surface area contributed by atoms with Gasteiger partial charge in [0.15, 0.2) is 0 Å². The molecule has 2 saturated heterocycles. The maximum absolute atomic E-state index is 14.5. The highest BCUT2D eigenvalue weighted by atomic mass is 35.5. The number of carbonyl (C=O) groups is 1. The molecule has 1 amide bonds. The topological polar surface area (TPSA) is 63.2 Å². The molecule has 1 spiro atoms. The zero-order valence-corrected chi connectivity index (χ0v) is 16.9. The summed E-state index contributed by atoms with van der Waals surface area (Å²) in [5.41, 5.74) is 2.47. The number of aryl methyl sites for hydroxylation is 1. The van der Waals surface area contributed by atoms with Crippen molar-refractivity contribution in [3.63, 3.8) is 0 Å². The van der Waals surface area contributed by atoms with Gasteiger partial charge in [-0.25, -0.2) is 4.39 Å². The standard InChI is InChI=1S/C21H24FN3O2.ClH/c1-3-27-15-4-5-17(22)16(12-15)14-10-13(2)24-19(11-14)18-6-7-21(25-18)8-9-23-20(21)26;/h4-5,10-12,18,25H,3,6-9H2,1-2H3,(H,23,26);1H/t18-,21-;/m1./s1. The molecule has 1 aromatic heterocycles. The first-order valence-electron chi connectivity index (χ1n) is 9.48. The minimum Gasteiger partial charge on any atom is -0.494 e. The number of pyridine rings is 1. The third kappa shape index (κ3) is 3.71. The molecule has 2 aliphatic heterocycles. The lowest BCUT2D eigenvalue weighted by atomic mass is 9.96. The highest BCUT2D eigenvalue weighted by Gasteiger charge is 2.48. The van der Waals surface area contributed by atoms with Crippen LogP contribution in [0.4, 0.5) is 4.39 Å². The van der Waals surface area contributed by atoms with Crippen molar-refractivity contribution in [1.29, 1.82) is 0 Å². The molecule has 1 aromatic carbocycles. The maximum Gasteiger partial charge on any atom is 0.240 e. The first-order valence-corrected chi connectivity index (χ1v) is 9.48. The molecule has 3 heterocycles. The van der Waals surface area contributed by atoms with E-state index in [0.717, 1.165) is 36.2 Å². The Bertz CT molecular complexity index is 892. The summed E-state index contributed by atoms with van der Waals surface area (Å²) in [6, 6.07) is 8.59. The highest BCUT2D eigenvalue weighted by molar-refractivity contribution is 5.88. The fraction of sp³-hybridized carbons (Fsp3) is 0.429. The van der Waals surface area contributed by atoms with Crippen LogP contribution in [0.3, 0.4) is 0 Å². The Labute approximate surface area is 170 Å². The van der Waals surface area contributed by atoms with Crippen LogP contribution in [-0.4, -0.2) is 29.6 Å². The fourth-order valence-corrected chi connectivity index (χ4v) is 4.15. The smallest absolute Gasteiger partial charge is 0.240 e. The molecule has 0 saturated carbocycles. The molecular formula is C21H25ClFN3O2. The first-order chi connectivity index (χ1) is 13.0. The summed E-state index contributed by atoms with van der Waals surface area (Å²) in [4.78, 5) is 16.9. The van der Waals surface area contributed by atoms with Crippen LogP contribution in [0, 0.1) is 12.7 Å². The number of benzene rings is 1. The molecule has 0 unspecified atom stereocenters. The van der Waals surface area contributed by atoms with E-state index < -0.39 is 5.54 Å². The molecule has 28 heavy (non-hydrogen) atoms. The molecule has 2 aromatic rings. The van der Waals surface area contributed by atoms with Crippen LogP contribution in [0.2, 0.25) is 0 Å². The van der Waals surface area contributed by atoms with Gasteiger partial charge in [-0.05, 0) is 69.0 Å². The third-order valence-electron chi connectivity index (χ3n) is 5.47. The van der Waals surface area contributed by atoms with Gasteiger partial charge in [-0.2, -0.15) is 0 Å². The first kappa shape index (κ1) is 20.6. The summed E-state index contributed by atoms with van der Waals surface area (Å²) < 4.78 is 20.0. The molecule has 0 aliphatic carbocycles. The second-order valence-electron chi connectivity index (χ2n) is 7.32. The van der Waals surface area contributed by atoms with E-state index in [1.807, 2.05) is 26.0 Å². The number of amides is 1. The van der Waals surface area contributed by atoms with Crippen molar-refractivity contribution in [2.75, 3.05) is 13.2 Å². The van der Waals surface area contributed by atoms with Gasteiger partial charge >= 0.3 is 0 Å². The van der Waals surface area contributed by atoms with E-state index in [4.69, 9.17) is 4.74 Å². The van der Waals surface area contributed by atoms with Crippen molar-refractivity contribution in [3.05, 3.63) is 47.5 Å². The van der Waals surface area contributed by atoms with Gasteiger partial charge in [0.25, 0.3) is 0 Å². The van der Waals surface area contributed by atoms with Gasteiger partial charge in [0.1, 0.15) is 17.1 Å². The van der Waals surface area contributed by atoms with Gasteiger partial charge in [-0.1, -0.05) is 0 Å². The van der Waals surface area contributed by atoms with Crippen LogP contribution < -0.4 is 15.4 Å². The summed E-state index contributed by atoms with van der Waals surface area (Å²) in [7, 11) is 0. The number of nitrogens with one attached hydrogen (secondary N) is 2. The van der Waals surface area contributed by atoms with Crippen molar-refractivity contribution in [2.24, 2.45) is 0 Å². The number of nitrogens with zero attached hydrogens (tertiary/aromatic N) is 1. The summed E-state index contributed by atoms with van der Waals surface area (Å²) in [5.74, 6) is 0.430. The fourth-order valence-electron chi connectivity index (χ4n) is 4.15. The minimum atomic E-state index is -0.476. The van der Waals surface area contributed by atoms with Crippen LogP contribution in [-0.2, 0) is 4.79 Å². The predicted octanol–water partition coefficient (Wildman–Crippen LogP) is 3.70. The lowest BCUT2D eigenvalue weighted by molar-refractivity contribution is -0.124. The molecule has 2 fully saturated rings. The van der Waals surface area contributed by atoms with Crippen LogP contribution in [0.1, 0.15) is 43.6 Å². The molecule has 5 nitrogen and oxygen atoms in total. The predicted molar refractivity (Wildman–Crippen MR) is 108 cm³/mol. The van der Waals surface area contributed by atoms with Crippen molar-refractivity contribution in [1.82, 2.24) is 15.6 Å². The van der Waals surface area contributed by atoms with E-state index in [0.29, 0.717) is 24.5 Å². The van der Waals surface area contributed by atoms with Gasteiger partial charge in [0.2, 0.25) is 5.91 Å². The third-order valence-corrected chi connectivity index (χ3v) is 5.47. The lowest BCUT2D eigenvalue weighted by Gasteiger charge is -2.22. The SMILES string of the molecule is CCOc1ccc(F)c(-c2cc(C)nc([C@H]3CC[C@]4(CCNC4=O)N3)c2)c1.Cl. The second-order valence-corrected chi connectivity index (χ2v) is 7.32. The zero-order chi connectivity index (χ0) is 19.0. The molecule has 0 radical (unpaired) electrons. The van der Waals surface area contributed by atoms with E-state index in [-0.39, 0.29) is 30.2 Å². The Morgan fingerprint density at radius 2 is 2.11 bits per heavy atom. The van der Waals surface area contributed by atoms with E-state index in [1.165, 1.54) is 6.07 Å². The molecule has 4 rings (SSSR count). The average molecular weight is 406 g/mol. The van der Waals surface area contributed by atoms with Crippen molar-refractivity contribution < 1.29 is 13.9 Å². The zero-order valence-electron chi connectivity index (χ0n) is 16.0. The quantitative estimate of drug-likeness (QED) is 0.814. The summed E-state index contributed by atoms with van der Waals surface area (Å²) in [5, 5.41) is 6.40. The molecule has 2 atom stereocenters. The van der Waals surface area contributed by atoms with Gasteiger partial charge in [-0.3, -0.25) is 15.1 Å². The van der Waals surface area contributed by atoms with Crippen LogP contribution in [0.5, 0.6) is 5.75 Å². The number of ether oxygens (including phenoxy) is 1. The Balaban J connectivity index is 0.00000225. The van der Waals surface area contributed by atoms with E-state index in [1.54, 1.807) is 12.1 Å². The minimum absolute atomic E-state index is 0. The van der Waals surface area contributed by atoms with Crippen LogP contribution in [0.25, 0.3) is 11.1 Å². The Kier molecular flexibility index (Phi) is 5.91. The number of halogens is 2. The second kappa shape index (κ2) is 8.05. The van der Waals surface area contributed by atoms with Crippen LogP contribution in [0.15, 0.2) is 30.3 Å². The van der Waals surface area contributed by atoms with E-state index in [2.05, 4.69) is 15.6 Å². The highest BCUT2D eigenvalue weighted by Crippen LogP contribution is 2.38. The molecular weight excluding hydrogens is 381 g/mol. The Hall–Kier alpha value is -2.18. The Morgan fingerprint density at radius 1 is 1.29 bits per heavy atom. The monoisotopic (exact) mass is 405 g/mol. The molecule has 7 heteroatoms. The number of carbonyl (C=O) groups excluding carboxylic acids is 1. The summed E-state index contributed by atoms with van der Waals surface area (Å²) in [6.07, 6.45) is 2.43. The maximum atomic E-state index is 14.5. The van der Waals surface area contributed by atoms with Gasteiger partial charge in [-0.15, -0.1) is 12.4 Å². The van der Waals surface area contributed by atoms with Crippen molar-refractivity contribution in [2.45, 2.75) is 44.7 Å². The normalized spacial score (nSPS) is 23.5. The summed E-state index contributed by atoms with van der Waals surface area (Å²) in [6.45, 7) is 5.05. The molecule has 0 bridgehead atoms. The average Bonchev–Trinajstić information content (AvgIpc) is 3.24. The molecule has 2 N–H and O–H groups in total. The van der Waals surface area contributed by atoms with E-state index >= 15 is 0 Å².